The van der Waals surface area contributed by atoms with Crippen LogP contribution in [0.25, 0.3) is 10.9 Å². The van der Waals surface area contributed by atoms with Gasteiger partial charge in [0.1, 0.15) is 0 Å². The number of halogens is 1. The lowest BCUT2D eigenvalue weighted by Crippen LogP contribution is -2.37. The summed E-state index contributed by atoms with van der Waals surface area (Å²) in [5.74, 6) is 0. The summed E-state index contributed by atoms with van der Waals surface area (Å²) in [6.45, 7) is 9.02. The average molecular weight is 453 g/mol. The third-order valence-corrected chi connectivity index (χ3v) is 10.0. The van der Waals surface area contributed by atoms with Gasteiger partial charge in [0.15, 0.2) is 8.32 Å². The van der Waals surface area contributed by atoms with E-state index in [0.717, 1.165) is 11.9 Å². The standard InChI is InChI=1S/C20H28INOSi/c1-5-24(6-2,7-3)23-20(13-10-16(4)21)18-11-12-19-17(15-18)9-8-14-22-19/h8-12,14-15,20H,5-7,13H2,1-4H3/b16-10-. The number of fused-ring (bicyclic) bond motifs is 1. The van der Waals surface area contributed by atoms with Gasteiger partial charge in [0.2, 0.25) is 0 Å². The van der Waals surface area contributed by atoms with Crippen LogP contribution < -0.4 is 0 Å². The summed E-state index contributed by atoms with van der Waals surface area (Å²) in [4.78, 5) is 4.43. The predicted octanol–water partition coefficient (Wildman–Crippen LogP) is 7.03. The van der Waals surface area contributed by atoms with E-state index < -0.39 is 8.32 Å². The number of hydrogen-bond acceptors (Lipinski definition) is 2. The number of pyridine rings is 1. The Bertz CT molecular complexity index is 685. The first-order chi connectivity index (χ1) is 11.5. The molecule has 0 spiro atoms. The van der Waals surface area contributed by atoms with Crippen molar-refractivity contribution < 1.29 is 4.43 Å². The molecule has 2 rings (SSSR count). The molecular formula is C20H28INOSi. The summed E-state index contributed by atoms with van der Waals surface area (Å²) in [6, 6.07) is 14.2. The van der Waals surface area contributed by atoms with Crippen molar-refractivity contribution in [3.8, 4) is 0 Å². The van der Waals surface area contributed by atoms with Gasteiger partial charge in [-0.3, -0.25) is 4.98 Å². The Balaban J connectivity index is 2.38. The van der Waals surface area contributed by atoms with Gasteiger partial charge in [0, 0.05) is 11.6 Å². The van der Waals surface area contributed by atoms with Crippen molar-refractivity contribution >= 4 is 41.8 Å². The average Bonchev–Trinajstić information content (AvgIpc) is 2.62. The SMILES string of the molecule is CC[Si](CC)(CC)OC(C/C=C(/C)I)c1ccc2ncccc2c1. The Morgan fingerprint density at radius 3 is 2.54 bits per heavy atom. The Morgan fingerprint density at radius 1 is 1.21 bits per heavy atom. The second-order valence-corrected chi connectivity index (χ2v) is 12.8. The molecule has 0 fully saturated rings. The molecule has 24 heavy (non-hydrogen) atoms. The van der Waals surface area contributed by atoms with Crippen molar-refractivity contribution in [1.29, 1.82) is 0 Å². The van der Waals surface area contributed by atoms with Gasteiger partial charge in [0.25, 0.3) is 0 Å². The number of rotatable bonds is 8. The summed E-state index contributed by atoms with van der Waals surface area (Å²) in [7, 11) is -1.65. The molecule has 0 radical (unpaired) electrons. The van der Waals surface area contributed by atoms with Crippen molar-refractivity contribution in [2.24, 2.45) is 0 Å². The molecule has 0 amide bonds. The van der Waals surface area contributed by atoms with Gasteiger partial charge in [-0.15, -0.1) is 0 Å². The third-order valence-electron chi connectivity index (χ3n) is 4.94. The normalized spacial score (nSPS) is 14.1. The van der Waals surface area contributed by atoms with Crippen LogP contribution in [0.15, 0.2) is 46.2 Å². The molecule has 2 nitrogen and oxygen atoms in total. The monoisotopic (exact) mass is 453 g/mol. The van der Waals surface area contributed by atoms with Crippen molar-refractivity contribution in [3.05, 3.63) is 51.7 Å². The Morgan fingerprint density at radius 2 is 1.92 bits per heavy atom. The fraction of sp³-hybridized carbons (Fsp3) is 0.450. The van der Waals surface area contributed by atoms with Crippen LogP contribution in [-0.4, -0.2) is 13.3 Å². The molecule has 1 aromatic heterocycles. The van der Waals surface area contributed by atoms with Gasteiger partial charge in [-0.05, 0) is 81.4 Å². The number of nitrogens with zero attached hydrogens (tertiary/aromatic N) is 1. The maximum Gasteiger partial charge on any atom is 0.192 e. The molecule has 0 aliphatic carbocycles. The van der Waals surface area contributed by atoms with E-state index in [2.05, 4.69) is 85.6 Å². The van der Waals surface area contributed by atoms with Gasteiger partial charge in [-0.2, -0.15) is 0 Å². The van der Waals surface area contributed by atoms with Crippen LogP contribution in [0.3, 0.4) is 0 Å². The van der Waals surface area contributed by atoms with Crippen LogP contribution >= 0.6 is 22.6 Å². The minimum atomic E-state index is -1.65. The molecule has 0 aliphatic rings. The lowest BCUT2D eigenvalue weighted by molar-refractivity contribution is 0.193. The fourth-order valence-electron chi connectivity index (χ4n) is 3.12. The topological polar surface area (TPSA) is 22.1 Å². The van der Waals surface area contributed by atoms with Gasteiger partial charge in [-0.1, -0.05) is 39.0 Å². The largest absolute Gasteiger partial charge is 0.410 e. The molecule has 1 atom stereocenters. The Kier molecular flexibility index (Phi) is 7.44. The van der Waals surface area contributed by atoms with Crippen LogP contribution in [-0.2, 0) is 4.43 Å². The molecule has 0 saturated heterocycles. The van der Waals surface area contributed by atoms with Gasteiger partial charge in [0.05, 0.1) is 11.6 Å². The summed E-state index contributed by atoms with van der Waals surface area (Å²) >= 11 is 2.38. The molecular weight excluding hydrogens is 425 g/mol. The summed E-state index contributed by atoms with van der Waals surface area (Å²) in [5, 5.41) is 1.19. The second-order valence-electron chi connectivity index (χ2n) is 6.33. The fourth-order valence-corrected chi connectivity index (χ4v) is 6.21. The minimum Gasteiger partial charge on any atom is -0.410 e. The van der Waals surface area contributed by atoms with E-state index in [1.165, 1.54) is 32.7 Å². The first-order valence-corrected chi connectivity index (χ1v) is 12.5. The molecule has 0 N–H and O–H groups in total. The zero-order valence-corrected chi connectivity index (χ0v) is 18.3. The molecule has 0 saturated carbocycles. The first-order valence-electron chi connectivity index (χ1n) is 8.88. The first kappa shape index (κ1) is 19.6. The maximum atomic E-state index is 6.84. The van der Waals surface area contributed by atoms with Crippen LogP contribution in [0.2, 0.25) is 18.1 Å². The Labute approximate surface area is 161 Å². The second kappa shape index (κ2) is 9.11. The molecule has 0 aliphatic heterocycles. The highest BCUT2D eigenvalue weighted by Crippen LogP contribution is 2.33. The van der Waals surface area contributed by atoms with Gasteiger partial charge >= 0.3 is 0 Å². The molecule has 1 aromatic carbocycles. The van der Waals surface area contributed by atoms with Crippen molar-refractivity contribution in [2.45, 2.75) is 58.4 Å². The van der Waals surface area contributed by atoms with E-state index in [-0.39, 0.29) is 6.10 Å². The zero-order chi connectivity index (χ0) is 17.6. The highest BCUT2D eigenvalue weighted by molar-refractivity contribution is 14.1. The molecule has 1 heterocycles. The lowest BCUT2D eigenvalue weighted by Gasteiger charge is -2.33. The van der Waals surface area contributed by atoms with E-state index in [4.69, 9.17) is 4.43 Å². The predicted molar refractivity (Wildman–Crippen MR) is 115 cm³/mol. The smallest absolute Gasteiger partial charge is 0.192 e. The molecule has 2 aromatic rings. The minimum absolute atomic E-state index is 0.144. The summed E-state index contributed by atoms with van der Waals surface area (Å²) in [5.41, 5.74) is 2.32. The van der Waals surface area contributed by atoms with Crippen LogP contribution in [0, 0.1) is 0 Å². The lowest BCUT2D eigenvalue weighted by atomic mass is 10.0. The number of allylic oxidation sites excluding steroid dienone is 1. The quantitative estimate of drug-likeness (QED) is 0.316. The van der Waals surface area contributed by atoms with E-state index in [0.29, 0.717) is 0 Å². The van der Waals surface area contributed by atoms with E-state index in [1.54, 1.807) is 0 Å². The highest BCUT2D eigenvalue weighted by atomic mass is 127. The number of benzene rings is 1. The number of hydrogen-bond donors (Lipinski definition) is 0. The van der Waals surface area contributed by atoms with Crippen LogP contribution in [0.4, 0.5) is 0 Å². The van der Waals surface area contributed by atoms with Crippen molar-refractivity contribution in [2.75, 3.05) is 0 Å². The molecule has 4 heteroatoms. The zero-order valence-electron chi connectivity index (χ0n) is 15.2. The van der Waals surface area contributed by atoms with Crippen molar-refractivity contribution in [3.63, 3.8) is 0 Å². The summed E-state index contributed by atoms with van der Waals surface area (Å²) in [6.07, 6.45) is 5.22. The third kappa shape index (κ3) is 4.89. The van der Waals surface area contributed by atoms with Gasteiger partial charge in [-0.25, -0.2) is 0 Å². The molecule has 0 bridgehead atoms. The molecule has 1 unspecified atom stereocenters. The van der Waals surface area contributed by atoms with Crippen LogP contribution in [0.1, 0.15) is 45.8 Å². The molecule has 130 valence electrons. The van der Waals surface area contributed by atoms with E-state index in [1.807, 2.05) is 12.3 Å². The summed E-state index contributed by atoms with van der Waals surface area (Å²) < 4.78 is 8.16. The van der Waals surface area contributed by atoms with Crippen LogP contribution in [0.5, 0.6) is 0 Å². The van der Waals surface area contributed by atoms with Gasteiger partial charge < -0.3 is 4.43 Å². The maximum absolute atomic E-state index is 6.84. The Hall–Kier alpha value is -0.723. The van der Waals surface area contributed by atoms with E-state index >= 15 is 0 Å². The van der Waals surface area contributed by atoms with E-state index in [9.17, 15) is 0 Å². The number of aromatic nitrogens is 1. The highest BCUT2D eigenvalue weighted by Gasteiger charge is 2.32. The van der Waals surface area contributed by atoms with Crippen molar-refractivity contribution in [1.82, 2.24) is 4.98 Å².